The lowest BCUT2D eigenvalue weighted by molar-refractivity contribution is 0.0935. The second-order valence-corrected chi connectivity index (χ2v) is 5.28. The molecule has 0 aliphatic carbocycles. The summed E-state index contributed by atoms with van der Waals surface area (Å²) < 4.78 is 0. The maximum absolute atomic E-state index is 12.3. The standard InChI is InChI=1S/C15H21N3O/c1-10(2)7-11(8-16)18-15(19)13-9-17-14-6-4-3-5-12(13)14/h3-6,9-11,17H,7-8,16H2,1-2H3,(H,18,19). The topological polar surface area (TPSA) is 70.9 Å². The number of para-hydroxylation sites is 1. The zero-order valence-corrected chi connectivity index (χ0v) is 11.4. The van der Waals surface area contributed by atoms with Gasteiger partial charge in [0.25, 0.3) is 5.91 Å². The van der Waals surface area contributed by atoms with Gasteiger partial charge in [-0.15, -0.1) is 0 Å². The number of hydrogen-bond donors (Lipinski definition) is 3. The molecule has 0 spiro atoms. The molecule has 4 heteroatoms. The van der Waals surface area contributed by atoms with Gasteiger partial charge < -0.3 is 16.0 Å². The zero-order chi connectivity index (χ0) is 13.8. The van der Waals surface area contributed by atoms with Crippen molar-refractivity contribution in [1.29, 1.82) is 0 Å². The van der Waals surface area contributed by atoms with E-state index >= 15 is 0 Å². The number of benzene rings is 1. The normalized spacial score (nSPS) is 12.8. The molecule has 19 heavy (non-hydrogen) atoms. The first-order chi connectivity index (χ1) is 9.11. The lowest BCUT2D eigenvalue weighted by atomic mass is 10.0. The predicted octanol–water partition coefficient (Wildman–Crippen LogP) is 2.27. The van der Waals surface area contributed by atoms with Crippen LogP contribution in [0.15, 0.2) is 30.5 Å². The zero-order valence-electron chi connectivity index (χ0n) is 11.4. The Kier molecular flexibility index (Phi) is 4.22. The number of H-pyrrole nitrogens is 1. The van der Waals surface area contributed by atoms with Gasteiger partial charge in [0.1, 0.15) is 0 Å². The minimum absolute atomic E-state index is 0.0289. The second kappa shape index (κ2) is 5.89. The van der Waals surface area contributed by atoms with Crippen LogP contribution in [0.2, 0.25) is 0 Å². The van der Waals surface area contributed by atoms with E-state index in [0.29, 0.717) is 18.0 Å². The Labute approximate surface area is 113 Å². The summed E-state index contributed by atoms with van der Waals surface area (Å²) in [7, 11) is 0. The number of carbonyl (C=O) groups excluding carboxylic acids is 1. The molecule has 4 nitrogen and oxygen atoms in total. The second-order valence-electron chi connectivity index (χ2n) is 5.28. The molecule has 4 N–H and O–H groups in total. The molecule has 0 saturated carbocycles. The number of amides is 1. The number of nitrogens with two attached hydrogens (primary N) is 1. The Hall–Kier alpha value is -1.81. The minimum atomic E-state index is -0.0615. The number of hydrogen-bond acceptors (Lipinski definition) is 2. The first-order valence-corrected chi connectivity index (χ1v) is 6.69. The van der Waals surface area contributed by atoms with Crippen LogP contribution in [0.5, 0.6) is 0 Å². The lowest BCUT2D eigenvalue weighted by Crippen LogP contribution is -2.41. The summed E-state index contributed by atoms with van der Waals surface area (Å²) in [6.45, 7) is 4.72. The number of aromatic amines is 1. The summed E-state index contributed by atoms with van der Waals surface area (Å²) in [5.41, 5.74) is 7.36. The minimum Gasteiger partial charge on any atom is -0.360 e. The highest BCUT2D eigenvalue weighted by Crippen LogP contribution is 2.17. The van der Waals surface area contributed by atoms with Crippen LogP contribution in [-0.4, -0.2) is 23.5 Å². The van der Waals surface area contributed by atoms with Crippen molar-refractivity contribution in [3.8, 4) is 0 Å². The third kappa shape index (κ3) is 3.15. The summed E-state index contributed by atoms with van der Waals surface area (Å²) in [4.78, 5) is 15.4. The Balaban J connectivity index is 2.15. The number of nitrogens with one attached hydrogen (secondary N) is 2. The maximum Gasteiger partial charge on any atom is 0.253 e. The van der Waals surface area contributed by atoms with Gasteiger partial charge in [0.15, 0.2) is 0 Å². The monoisotopic (exact) mass is 259 g/mol. The Morgan fingerprint density at radius 1 is 1.37 bits per heavy atom. The molecule has 0 radical (unpaired) electrons. The van der Waals surface area contributed by atoms with Crippen LogP contribution in [0.25, 0.3) is 10.9 Å². The molecule has 1 unspecified atom stereocenters. The van der Waals surface area contributed by atoms with Crippen LogP contribution >= 0.6 is 0 Å². The van der Waals surface area contributed by atoms with E-state index in [1.165, 1.54) is 0 Å². The molecule has 0 saturated heterocycles. The van der Waals surface area contributed by atoms with E-state index in [-0.39, 0.29) is 11.9 Å². The van der Waals surface area contributed by atoms with Crippen molar-refractivity contribution in [2.75, 3.05) is 6.54 Å². The number of aromatic nitrogens is 1. The van der Waals surface area contributed by atoms with Crippen molar-refractivity contribution >= 4 is 16.8 Å². The highest BCUT2D eigenvalue weighted by molar-refractivity contribution is 6.06. The third-order valence-electron chi connectivity index (χ3n) is 3.21. The molecule has 1 amide bonds. The molecule has 2 aromatic rings. The molecule has 1 atom stereocenters. The van der Waals surface area contributed by atoms with Crippen LogP contribution in [0, 0.1) is 5.92 Å². The SMILES string of the molecule is CC(C)CC(CN)NC(=O)c1c[nH]c2ccccc12. The molecule has 1 heterocycles. The van der Waals surface area contributed by atoms with Crippen LogP contribution in [0.1, 0.15) is 30.6 Å². The van der Waals surface area contributed by atoms with Gasteiger partial charge in [0, 0.05) is 29.7 Å². The first kappa shape index (κ1) is 13.6. The summed E-state index contributed by atoms with van der Waals surface area (Å²) in [6.07, 6.45) is 2.65. The van der Waals surface area contributed by atoms with Crippen molar-refractivity contribution in [2.45, 2.75) is 26.3 Å². The average Bonchev–Trinajstić information content (AvgIpc) is 2.81. The predicted molar refractivity (Wildman–Crippen MR) is 78.1 cm³/mol. The van der Waals surface area contributed by atoms with Crippen LogP contribution in [0.3, 0.4) is 0 Å². The van der Waals surface area contributed by atoms with E-state index < -0.39 is 0 Å². The van der Waals surface area contributed by atoms with Gasteiger partial charge in [0.2, 0.25) is 0 Å². The Morgan fingerprint density at radius 2 is 2.11 bits per heavy atom. The molecular formula is C15H21N3O. The first-order valence-electron chi connectivity index (χ1n) is 6.69. The maximum atomic E-state index is 12.3. The van der Waals surface area contributed by atoms with Crippen LogP contribution in [0.4, 0.5) is 0 Å². The molecule has 1 aromatic carbocycles. The molecule has 102 valence electrons. The van der Waals surface area contributed by atoms with Crippen molar-refractivity contribution in [3.05, 3.63) is 36.0 Å². The van der Waals surface area contributed by atoms with Gasteiger partial charge in [-0.1, -0.05) is 32.0 Å². The van der Waals surface area contributed by atoms with Gasteiger partial charge in [0.05, 0.1) is 5.56 Å². The van der Waals surface area contributed by atoms with E-state index in [4.69, 9.17) is 5.73 Å². The third-order valence-corrected chi connectivity index (χ3v) is 3.21. The van der Waals surface area contributed by atoms with Crippen molar-refractivity contribution in [1.82, 2.24) is 10.3 Å². The lowest BCUT2D eigenvalue weighted by Gasteiger charge is -2.18. The van der Waals surface area contributed by atoms with Crippen molar-refractivity contribution < 1.29 is 4.79 Å². The molecular weight excluding hydrogens is 238 g/mol. The summed E-state index contributed by atoms with van der Waals surface area (Å²) in [5.74, 6) is 0.449. The van der Waals surface area contributed by atoms with Crippen molar-refractivity contribution in [2.24, 2.45) is 11.7 Å². The molecule has 0 bridgehead atoms. The molecule has 0 aliphatic heterocycles. The van der Waals surface area contributed by atoms with Crippen LogP contribution in [-0.2, 0) is 0 Å². The van der Waals surface area contributed by atoms with Gasteiger partial charge in [-0.05, 0) is 18.4 Å². The molecule has 0 aliphatic rings. The number of rotatable bonds is 5. The van der Waals surface area contributed by atoms with Crippen molar-refractivity contribution in [3.63, 3.8) is 0 Å². The highest BCUT2D eigenvalue weighted by atomic mass is 16.1. The fraction of sp³-hybridized carbons (Fsp3) is 0.400. The van der Waals surface area contributed by atoms with E-state index in [9.17, 15) is 4.79 Å². The molecule has 1 aromatic heterocycles. The van der Waals surface area contributed by atoms with E-state index in [0.717, 1.165) is 17.3 Å². The molecule has 0 fully saturated rings. The highest BCUT2D eigenvalue weighted by Gasteiger charge is 2.16. The van der Waals surface area contributed by atoms with Gasteiger partial charge in [-0.25, -0.2) is 0 Å². The smallest absolute Gasteiger partial charge is 0.253 e. The van der Waals surface area contributed by atoms with E-state index in [2.05, 4.69) is 24.1 Å². The quantitative estimate of drug-likeness (QED) is 0.771. The summed E-state index contributed by atoms with van der Waals surface area (Å²) >= 11 is 0. The van der Waals surface area contributed by atoms with Gasteiger partial charge in [-0.3, -0.25) is 4.79 Å². The number of fused-ring (bicyclic) bond motifs is 1. The fourth-order valence-corrected chi connectivity index (χ4v) is 2.31. The van der Waals surface area contributed by atoms with Gasteiger partial charge >= 0.3 is 0 Å². The fourth-order valence-electron chi connectivity index (χ4n) is 2.31. The van der Waals surface area contributed by atoms with E-state index in [1.807, 2.05) is 24.3 Å². The molecule has 2 rings (SSSR count). The van der Waals surface area contributed by atoms with E-state index in [1.54, 1.807) is 6.20 Å². The van der Waals surface area contributed by atoms with Gasteiger partial charge in [-0.2, -0.15) is 0 Å². The summed E-state index contributed by atoms with van der Waals surface area (Å²) in [6, 6.07) is 7.81. The Bertz CT molecular complexity index is 559. The number of carbonyl (C=O) groups is 1. The largest absolute Gasteiger partial charge is 0.360 e. The average molecular weight is 259 g/mol. The summed E-state index contributed by atoms with van der Waals surface area (Å²) in [5, 5.41) is 3.95. The Morgan fingerprint density at radius 3 is 2.79 bits per heavy atom. The van der Waals surface area contributed by atoms with Crippen LogP contribution < -0.4 is 11.1 Å².